The molecule has 0 saturated heterocycles. The molecule has 0 bridgehead atoms. The molecule has 1 amide bonds. The fourth-order valence-corrected chi connectivity index (χ4v) is 4.37. The molecule has 0 saturated carbocycles. The molecule has 0 radical (unpaired) electrons. The van der Waals surface area contributed by atoms with Gasteiger partial charge >= 0.3 is 0 Å². The summed E-state index contributed by atoms with van der Waals surface area (Å²) in [5.41, 5.74) is 1.57. The lowest BCUT2D eigenvalue weighted by Crippen LogP contribution is -2.13. The minimum absolute atomic E-state index is 0.142. The quantitative estimate of drug-likeness (QED) is 0.386. The average Bonchev–Trinajstić information content (AvgIpc) is 3.13. The number of ether oxygens (including phenoxy) is 2. The van der Waals surface area contributed by atoms with Crippen LogP contribution in [-0.2, 0) is 0 Å². The zero-order chi connectivity index (χ0) is 21.3. The summed E-state index contributed by atoms with van der Waals surface area (Å²) >= 11 is 4.80. The van der Waals surface area contributed by atoms with Crippen LogP contribution < -0.4 is 14.8 Å². The van der Waals surface area contributed by atoms with E-state index >= 15 is 0 Å². The Balaban J connectivity index is 1.61. The number of thiazole rings is 1. The smallest absolute Gasteiger partial charge is 0.280 e. The molecule has 9 heteroatoms. The summed E-state index contributed by atoms with van der Waals surface area (Å²) in [6.07, 6.45) is 1.39. The normalized spacial score (nSPS) is 10.8. The van der Waals surface area contributed by atoms with Gasteiger partial charge in [0.1, 0.15) is 11.5 Å². The predicted molar refractivity (Wildman–Crippen MR) is 119 cm³/mol. The zero-order valence-electron chi connectivity index (χ0n) is 16.0. The van der Waals surface area contributed by atoms with Gasteiger partial charge in [-0.25, -0.2) is 9.97 Å². The zero-order valence-corrected chi connectivity index (χ0v) is 18.4. The number of nitrogens with zero attached hydrogens (tertiary/aromatic N) is 2. The van der Waals surface area contributed by atoms with E-state index in [0.29, 0.717) is 16.4 Å². The Morgan fingerprint density at radius 3 is 2.77 bits per heavy atom. The van der Waals surface area contributed by atoms with E-state index in [9.17, 15) is 9.90 Å². The third-order valence-corrected chi connectivity index (χ3v) is 5.81. The number of pyridine rings is 1. The summed E-state index contributed by atoms with van der Waals surface area (Å²) in [5.74, 6) is 0.672. The van der Waals surface area contributed by atoms with Gasteiger partial charge in [0.05, 0.1) is 17.3 Å². The van der Waals surface area contributed by atoms with Gasteiger partial charge in [0.25, 0.3) is 5.91 Å². The molecular weight excluding hydrogens is 470 g/mol. The van der Waals surface area contributed by atoms with Crippen molar-refractivity contribution in [2.24, 2.45) is 0 Å². The number of carbonyl (C=O) groups excluding carboxylic acids is 1. The molecule has 4 aromatic rings. The average molecular weight is 486 g/mol. The van der Waals surface area contributed by atoms with E-state index in [1.807, 2.05) is 43.3 Å². The van der Waals surface area contributed by atoms with E-state index in [-0.39, 0.29) is 17.2 Å². The molecule has 7 nitrogen and oxygen atoms in total. The van der Waals surface area contributed by atoms with Crippen molar-refractivity contribution in [2.45, 2.75) is 6.92 Å². The number of aromatic nitrogens is 2. The Morgan fingerprint density at radius 2 is 2.00 bits per heavy atom. The van der Waals surface area contributed by atoms with Gasteiger partial charge in [0.2, 0.25) is 0 Å². The maximum Gasteiger partial charge on any atom is 0.280 e. The van der Waals surface area contributed by atoms with Crippen LogP contribution in [0.2, 0.25) is 0 Å². The number of halogens is 1. The topological polar surface area (TPSA) is 93.6 Å². The Labute approximate surface area is 184 Å². The number of hydrogen-bond donors (Lipinski definition) is 2. The molecule has 2 aromatic carbocycles. The van der Waals surface area contributed by atoms with Crippen LogP contribution in [0.3, 0.4) is 0 Å². The number of carbonyl (C=O) groups is 1. The fraction of sp³-hybridized carbons (Fsp3) is 0.0952. The predicted octanol–water partition coefficient (Wildman–Crippen LogP) is 5.52. The lowest BCUT2D eigenvalue weighted by molar-refractivity contribution is 0.101. The lowest BCUT2D eigenvalue weighted by atomic mass is 10.2. The molecule has 30 heavy (non-hydrogen) atoms. The molecule has 0 aliphatic rings. The molecule has 2 heterocycles. The number of hydrogen-bond acceptors (Lipinski definition) is 7. The summed E-state index contributed by atoms with van der Waals surface area (Å²) in [5, 5.41) is 13.2. The molecule has 0 fully saturated rings. The molecule has 152 valence electrons. The summed E-state index contributed by atoms with van der Waals surface area (Å²) < 4.78 is 12.6. The number of methoxy groups -OCH3 is 1. The third-order valence-electron chi connectivity index (χ3n) is 4.29. The van der Waals surface area contributed by atoms with Crippen molar-refractivity contribution in [3.63, 3.8) is 0 Å². The number of benzene rings is 2. The molecule has 0 aliphatic carbocycles. The minimum Gasteiger partial charge on any atom is -0.503 e. The Hall–Kier alpha value is -3.17. The molecule has 0 unspecified atom stereocenters. The highest BCUT2D eigenvalue weighted by Crippen LogP contribution is 2.37. The van der Waals surface area contributed by atoms with Crippen LogP contribution in [0.25, 0.3) is 10.2 Å². The SMILES string of the molecule is COc1ccnc(C(=O)Nc2nc3c(Br)cc(Oc4ccccc4C)cc3s2)c1O. The van der Waals surface area contributed by atoms with Gasteiger partial charge < -0.3 is 14.6 Å². The first kappa shape index (κ1) is 20.1. The van der Waals surface area contributed by atoms with Gasteiger partial charge in [-0.1, -0.05) is 29.5 Å². The summed E-state index contributed by atoms with van der Waals surface area (Å²) in [7, 11) is 1.40. The van der Waals surface area contributed by atoms with Crippen molar-refractivity contribution in [3.05, 3.63) is 64.4 Å². The highest BCUT2D eigenvalue weighted by atomic mass is 79.9. The maximum absolute atomic E-state index is 12.6. The number of rotatable bonds is 5. The second-order valence-electron chi connectivity index (χ2n) is 6.30. The Kier molecular flexibility index (Phi) is 5.56. The summed E-state index contributed by atoms with van der Waals surface area (Å²) in [6.45, 7) is 1.98. The molecule has 4 rings (SSSR count). The first-order chi connectivity index (χ1) is 14.5. The van der Waals surface area contributed by atoms with Gasteiger partial charge in [0, 0.05) is 22.8 Å². The van der Waals surface area contributed by atoms with Crippen LogP contribution in [-0.4, -0.2) is 28.1 Å². The number of nitrogens with one attached hydrogen (secondary N) is 1. The van der Waals surface area contributed by atoms with E-state index < -0.39 is 5.91 Å². The van der Waals surface area contributed by atoms with Gasteiger partial charge in [-0.3, -0.25) is 10.1 Å². The van der Waals surface area contributed by atoms with Crippen LogP contribution in [0, 0.1) is 6.92 Å². The van der Waals surface area contributed by atoms with Crippen LogP contribution in [0.1, 0.15) is 16.1 Å². The molecule has 2 N–H and O–H groups in total. The number of aromatic hydroxyl groups is 1. The van der Waals surface area contributed by atoms with Gasteiger partial charge in [-0.15, -0.1) is 0 Å². The van der Waals surface area contributed by atoms with E-state index in [1.54, 1.807) is 0 Å². The van der Waals surface area contributed by atoms with Crippen LogP contribution in [0.5, 0.6) is 23.0 Å². The summed E-state index contributed by atoms with van der Waals surface area (Å²) in [6, 6.07) is 12.9. The first-order valence-electron chi connectivity index (χ1n) is 8.83. The van der Waals surface area contributed by atoms with Crippen molar-refractivity contribution >= 4 is 48.5 Å². The fourth-order valence-electron chi connectivity index (χ4n) is 2.80. The van der Waals surface area contributed by atoms with Gasteiger partial charge in [-0.2, -0.15) is 0 Å². The Bertz CT molecular complexity index is 1260. The van der Waals surface area contributed by atoms with Gasteiger partial charge in [-0.05, 0) is 40.5 Å². The standard InChI is InChI=1S/C21H16BrN3O4S/c1-11-5-3-4-6-14(11)29-12-9-13(22)17-16(10-12)30-21(24-17)25-20(27)18-19(26)15(28-2)7-8-23-18/h3-10,26H,1-2H3,(H,24,25,27). The Morgan fingerprint density at radius 1 is 1.20 bits per heavy atom. The van der Waals surface area contributed by atoms with E-state index in [4.69, 9.17) is 9.47 Å². The monoisotopic (exact) mass is 485 g/mol. The number of amides is 1. The van der Waals surface area contributed by atoms with Crippen LogP contribution in [0.15, 0.2) is 53.1 Å². The minimum atomic E-state index is -0.585. The van der Waals surface area contributed by atoms with E-state index in [2.05, 4.69) is 31.2 Å². The number of para-hydroxylation sites is 1. The third kappa shape index (κ3) is 3.94. The maximum atomic E-state index is 12.6. The highest BCUT2D eigenvalue weighted by molar-refractivity contribution is 9.10. The molecule has 2 aromatic heterocycles. The van der Waals surface area contributed by atoms with Crippen molar-refractivity contribution in [2.75, 3.05) is 12.4 Å². The van der Waals surface area contributed by atoms with Crippen molar-refractivity contribution in [3.8, 4) is 23.0 Å². The molecule has 0 spiro atoms. The highest BCUT2D eigenvalue weighted by Gasteiger charge is 2.19. The number of anilines is 1. The second kappa shape index (κ2) is 8.29. The molecule has 0 aliphatic heterocycles. The van der Waals surface area contributed by atoms with Crippen molar-refractivity contribution in [1.82, 2.24) is 9.97 Å². The second-order valence-corrected chi connectivity index (χ2v) is 8.19. The molecular formula is C21H16BrN3O4S. The number of fused-ring (bicyclic) bond motifs is 1. The van der Waals surface area contributed by atoms with Crippen molar-refractivity contribution in [1.29, 1.82) is 0 Å². The first-order valence-corrected chi connectivity index (χ1v) is 10.4. The van der Waals surface area contributed by atoms with Crippen LogP contribution in [0.4, 0.5) is 5.13 Å². The van der Waals surface area contributed by atoms with Crippen LogP contribution >= 0.6 is 27.3 Å². The largest absolute Gasteiger partial charge is 0.503 e. The number of aryl methyl sites for hydroxylation is 1. The van der Waals surface area contributed by atoms with E-state index in [0.717, 1.165) is 20.5 Å². The van der Waals surface area contributed by atoms with E-state index in [1.165, 1.54) is 30.7 Å². The lowest BCUT2D eigenvalue weighted by Gasteiger charge is -2.08. The van der Waals surface area contributed by atoms with Crippen molar-refractivity contribution < 1.29 is 19.4 Å². The molecule has 0 atom stereocenters. The van der Waals surface area contributed by atoms with Gasteiger partial charge in [0.15, 0.2) is 22.3 Å². The summed E-state index contributed by atoms with van der Waals surface area (Å²) in [4.78, 5) is 20.9.